The van der Waals surface area contributed by atoms with Crippen molar-refractivity contribution in [3.63, 3.8) is 0 Å². The minimum absolute atomic E-state index is 0.221. The minimum atomic E-state index is 0.221. The van der Waals surface area contributed by atoms with Gasteiger partial charge in [0.1, 0.15) is 5.75 Å². The predicted molar refractivity (Wildman–Crippen MR) is 85.4 cm³/mol. The molecule has 0 aliphatic heterocycles. The molecule has 19 heavy (non-hydrogen) atoms. The highest BCUT2D eigenvalue weighted by Gasteiger charge is 2.25. The lowest BCUT2D eigenvalue weighted by molar-refractivity contribution is 0.157. The van der Waals surface area contributed by atoms with Gasteiger partial charge in [0, 0.05) is 5.41 Å². The average Bonchev–Trinajstić information content (AvgIpc) is 2.49. The van der Waals surface area contributed by atoms with E-state index in [0.717, 1.165) is 31.0 Å². The molecule has 1 aromatic rings. The monoisotopic (exact) mass is 278 g/mol. The van der Waals surface area contributed by atoms with E-state index in [1.807, 2.05) is 0 Å². The van der Waals surface area contributed by atoms with Crippen molar-refractivity contribution in [3.8, 4) is 5.75 Å². The Kier molecular flexibility index (Phi) is 5.20. The summed E-state index contributed by atoms with van der Waals surface area (Å²) in [6.45, 7) is 5.24. The molecule has 1 aliphatic carbocycles. The highest BCUT2D eigenvalue weighted by Crippen LogP contribution is 2.30. The summed E-state index contributed by atoms with van der Waals surface area (Å²) in [5, 5.41) is 0. The molecule has 0 unspecified atom stereocenters. The van der Waals surface area contributed by atoms with Crippen LogP contribution in [-0.2, 0) is 12.8 Å². The number of fused-ring (bicyclic) bond motifs is 1. The van der Waals surface area contributed by atoms with Crippen molar-refractivity contribution in [1.29, 1.82) is 0 Å². The smallest absolute Gasteiger partial charge is 0.119 e. The molecule has 0 fully saturated rings. The molecule has 0 saturated heterocycles. The Bertz CT molecular complexity index is 401. The molecule has 0 bridgehead atoms. The van der Waals surface area contributed by atoms with E-state index in [1.165, 1.54) is 36.8 Å². The first-order chi connectivity index (χ1) is 9.23. The number of rotatable bonds is 6. The fourth-order valence-electron chi connectivity index (χ4n) is 2.76. The van der Waals surface area contributed by atoms with E-state index >= 15 is 0 Å². The summed E-state index contributed by atoms with van der Waals surface area (Å²) in [6.07, 6.45) is 7.35. The third kappa shape index (κ3) is 3.47. The normalized spacial score (nSPS) is 15.1. The maximum atomic E-state index is 6.06. The van der Waals surface area contributed by atoms with Crippen LogP contribution in [-0.4, -0.2) is 12.4 Å². The van der Waals surface area contributed by atoms with E-state index in [-0.39, 0.29) is 5.41 Å². The second-order valence-electron chi connectivity index (χ2n) is 5.79. The van der Waals surface area contributed by atoms with Gasteiger partial charge < -0.3 is 4.74 Å². The van der Waals surface area contributed by atoms with Crippen LogP contribution in [0.1, 0.15) is 50.7 Å². The van der Waals surface area contributed by atoms with Gasteiger partial charge >= 0.3 is 0 Å². The first-order valence-electron chi connectivity index (χ1n) is 7.58. The van der Waals surface area contributed by atoms with Crippen LogP contribution >= 0.6 is 12.6 Å². The molecular weight excluding hydrogens is 252 g/mol. The second-order valence-corrected chi connectivity index (χ2v) is 6.11. The van der Waals surface area contributed by atoms with Crippen molar-refractivity contribution in [3.05, 3.63) is 29.3 Å². The minimum Gasteiger partial charge on any atom is -0.493 e. The molecule has 0 amide bonds. The molecule has 0 atom stereocenters. The molecule has 1 aromatic carbocycles. The van der Waals surface area contributed by atoms with Gasteiger partial charge in [0.05, 0.1) is 6.61 Å². The topological polar surface area (TPSA) is 9.23 Å². The van der Waals surface area contributed by atoms with E-state index < -0.39 is 0 Å². The Hall–Kier alpha value is -0.630. The molecule has 0 N–H and O–H groups in total. The maximum Gasteiger partial charge on any atom is 0.119 e. The Morgan fingerprint density at radius 3 is 2.42 bits per heavy atom. The largest absolute Gasteiger partial charge is 0.493 e. The van der Waals surface area contributed by atoms with Crippen molar-refractivity contribution in [2.24, 2.45) is 5.41 Å². The van der Waals surface area contributed by atoms with E-state index in [2.05, 4.69) is 44.7 Å². The number of hydrogen-bond acceptors (Lipinski definition) is 2. The van der Waals surface area contributed by atoms with Crippen LogP contribution in [0.3, 0.4) is 0 Å². The summed E-state index contributed by atoms with van der Waals surface area (Å²) in [4.78, 5) is 0. The Labute approximate surface area is 123 Å². The lowest BCUT2D eigenvalue weighted by atomic mass is 9.85. The SMILES string of the molecule is CCC(CC)(CS)COc1ccc2c(c1)CCCC2. The molecule has 2 rings (SSSR count). The van der Waals surface area contributed by atoms with Crippen LogP contribution in [0.4, 0.5) is 0 Å². The van der Waals surface area contributed by atoms with Crippen LogP contribution < -0.4 is 4.74 Å². The second kappa shape index (κ2) is 6.69. The number of ether oxygens (including phenoxy) is 1. The van der Waals surface area contributed by atoms with E-state index in [9.17, 15) is 0 Å². The highest BCUT2D eigenvalue weighted by atomic mass is 32.1. The quantitative estimate of drug-likeness (QED) is 0.743. The molecule has 0 radical (unpaired) electrons. The van der Waals surface area contributed by atoms with Crippen molar-refractivity contribution < 1.29 is 4.74 Å². The van der Waals surface area contributed by atoms with Crippen LogP contribution in [0.25, 0.3) is 0 Å². The molecular formula is C17H26OS. The number of hydrogen-bond donors (Lipinski definition) is 1. The third-order valence-corrected chi connectivity index (χ3v) is 5.37. The van der Waals surface area contributed by atoms with Gasteiger partial charge in [0.15, 0.2) is 0 Å². The summed E-state index contributed by atoms with van der Waals surface area (Å²) >= 11 is 4.51. The van der Waals surface area contributed by atoms with Crippen molar-refractivity contribution >= 4 is 12.6 Å². The van der Waals surface area contributed by atoms with Crippen LogP contribution in [0.15, 0.2) is 18.2 Å². The summed E-state index contributed by atoms with van der Waals surface area (Å²) in [7, 11) is 0. The molecule has 1 aliphatic rings. The zero-order chi connectivity index (χ0) is 13.7. The van der Waals surface area contributed by atoms with Crippen LogP contribution in [0, 0.1) is 5.41 Å². The van der Waals surface area contributed by atoms with Gasteiger partial charge in [0.2, 0.25) is 0 Å². The van der Waals surface area contributed by atoms with Gasteiger partial charge in [-0.2, -0.15) is 12.6 Å². The van der Waals surface area contributed by atoms with E-state index in [0.29, 0.717) is 0 Å². The molecule has 0 saturated carbocycles. The van der Waals surface area contributed by atoms with Gasteiger partial charge in [-0.25, -0.2) is 0 Å². The van der Waals surface area contributed by atoms with Gasteiger partial charge in [-0.05, 0) is 67.5 Å². The van der Waals surface area contributed by atoms with E-state index in [1.54, 1.807) is 0 Å². The molecule has 106 valence electrons. The van der Waals surface area contributed by atoms with Gasteiger partial charge in [-0.3, -0.25) is 0 Å². The van der Waals surface area contributed by atoms with Crippen molar-refractivity contribution in [1.82, 2.24) is 0 Å². The Balaban J connectivity index is 2.03. The zero-order valence-electron chi connectivity index (χ0n) is 12.2. The highest BCUT2D eigenvalue weighted by molar-refractivity contribution is 7.80. The zero-order valence-corrected chi connectivity index (χ0v) is 13.1. The number of thiol groups is 1. The number of benzene rings is 1. The standard InChI is InChI=1S/C17H26OS/c1-3-17(4-2,13-19)12-18-16-10-9-14-7-5-6-8-15(14)11-16/h9-11,19H,3-8,12-13H2,1-2H3. The first-order valence-corrected chi connectivity index (χ1v) is 8.22. The fourth-order valence-corrected chi connectivity index (χ4v) is 3.30. The van der Waals surface area contributed by atoms with Crippen LogP contribution in [0.5, 0.6) is 5.75 Å². The van der Waals surface area contributed by atoms with Crippen molar-refractivity contribution in [2.45, 2.75) is 52.4 Å². The van der Waals surface area contributed by atoms with Gasteiger partial charge in [-0.15, -0.1) is 0 Å². The molecule has 0 heterocycles. The third-order valence-electron chi connectivity index (χ3n) is 4.70. The lowest BCUT2D eigenvalue weighted by Gasteiger charge is -2.29. The van der Waals surface area contributed by atoms with Crippen LogP contribution in [0.2, 0.25) is 0 Å². The molecule has 0 spiro atoms. The summed E-state index contributed by atoms with van der Waals surface area (Å²) in [6, 6.07) is 6.64. The Morgan fingerprint density at radius 2 is 1.79 bits per heavy atom. The molecule has 0 aromatic heterocycles. The molecule has 2 heteroatoms. The van der Waals surface area contributed by atoms with Gasteiger partial charge in [-0.1, -0.05) is 19.9 Å². The summed E-state index contributed by atoms with van der Waals surface area (Å²) < 4.78 is 6.06. The average molecular weight is 278 g/mol. The van der Waals surface area contributed by atoms with Gasteiger partial charge in [0.25, 0.3) is 0 Å². The molecule has 1 nitrogen and oxygen atoms in total. The summed E-state index contributed by atoms with van der Waals surface area (Å²) in [5.41, 5.74) is 3.23. The fraction of sp³-hybridized carbons (Fsp3) is 0.647. The van der Waals surface area contributed by atoms with Crippen molar-refractivity contribution in [2.75, 3.05) is 12.4 Å². The van der Waals surface area contributed by atoms with E-state index in [4.69, 9.17) is 4.74 Å². The first kappa shape index (κ1) is 14.8. The predicted octanol–water partition coefficient (Wildman–Crippen LogP) is 4.68. The lowest BCUT2D eigenvalue weighted by Crippen LogP contribution is -2.29. The maximum absolute atomic E-state index is 6.06. The number of aryl methyl sites for hydroxylation is 2. The Morgan fingerprint density at radius 1 is 1.11 bits per heavy atom. The summed E-state index contributed by atoms with van der Waals surface area (Å²) in [5.74, 6) is 1.93.